The number of rotatable bonds is 0. The van der Waals surface area contributed by atoms with Crippen LogP contribution in [0.1, 0.15) is 37.1 Å². The van der Waals surface area contributed by atoms with Gasteiger partial charge >= 0.3 is 0 Å². The molecule has 0 bridgehead atoms. The summed E-state index contributed by atoms with van der Waals surface area (Å²) in [6, 6.07) is 8.78. The SMILES string of the molecule is CC1SC(C)(C)c2ccccc21. The van der Waals surface area contributed by atoms with Crippen molar-refractivity contribution in [3.8, 4) is 0 Å². The smallest absolute Gasteiger partial charge is 0.0361 e. The van der Waals surface area contributed by atoms with Gasteiger partial charge in [0.25, 0.3) is 0 Å². The molecule has 1 heteroatoms. The highest BCUT2D eigenvalue weighted by molar-refractivity contribution is 8.00. The molecule has 64 valence electrons. The van der Waals surface area contributed by atoms with Crippen LogP contribution in [0.3, 0.4) is 0 Å². The molecule has 2 rings (SSSR count). The topological polar surface area (TPSA) is 0 Å². The lowest BCUT2D eigenvalue weighted by molar-refractivity contribution is 0.793. The summed E-state index contributed by atoms with van der Waals surface area (Å²) in [6.07, 6.45) is 0. The summed E-state index contributed by atoms with van der Waals surface area (Å²) in [7, 11) is 0. The normalized spacial score (nSPS) is 25.4. The Labute approximate surface area is 78.4 Å². The van der Waals surface area contributed by atoms with Gasteiger partial charge in [0.2, 0.25) is 0 Å². The van der Waals surface area contributed by atoms with Gasteiger partial charge in [0, 0.05) is 10.00 Å². The van der Waals surface area contributed by atoms with Gasteiger partial charge in [-0.15, -0.1) is 11.8 Å². The van der Waals surface area contributed by atoms with Crippen molar-refractivity contribution in [3.05, 3.63) is 35.4 Å². The van der Waals surface area contributed by atoms with Crippen LogP contribution in [0.2, 0.25) is 0 Å². The molecule has 1 aliphatic rings. The second kappa shape index (κ2) is 2.53. The molecule has 0 amide bonds. The quantitative estimate of drug-likeness (QED) is 0.583. The zero-order valence-electron chi connectivity index (χ0n) is 7.79. The van der Waals surface area contributed by atoms with E-state index in [0.717, 1.165) is 0 Å². The van der Waals surface area contributed by atoms with Crippen molar-refractivity contribution in [1.29, 1.82) is 0 Å². The standard InChI is InChI=1S/C11H14S/c1-8-9-6-4-5-7-10(9)11(2,3)12-8/h4-8H,1-3H3. The van der Waals surface area contributed by atoms with E-state index < -0.39 is 0 Å². The lowest BCUT2D eigenvalue weighted by atomic mass is 9.96. The molecule has 1 aliphatic heterocycles. The molecular formula is C11H14S. The molecule has 0 saturated carbocycles. The summed E-state index contributed by atoms with van der Waals surface area (Å²) in [5.74, 6) is 0. The fourth-order valence-electron chi connectivity index (χ4n) is 1.97. The third-order valence-electron chi connectivity index (χ3n) is 2.52. The van der Waals surface area contributed by atoms with Gasteiger partial charge in [-0.3, -0.25) is 0 Å². The van der Waals surface area contributed by atoms with Crippen molar-refractivity contribution in [2.24, 2.45) is 0 Å². The third-order valence-corrected chi connectivity index (χ3v) is 3.94. The van der Waals surface area contributed by atoms with E-state index in [4.69, 9.17) is 0 Å². The molecule has 0 aliphatic carbocycles. The molecule has 0 spiro atoms. The van der Waals surface area contributed by atoms with Crippen molar-refractivity contribution in [1.82, 2.24) is 0 Å². The Kier molecular flexibility index (Phi) is 1.72. The second-order valence-corrected chi connectivity index (χ2v) is 5.82. The van der Waals surface area contributed by atoms with E-state index >= 15 is 0 Å². The van der Waals surface area contributed by atoms with Crippen LogP contribution in [0.4, 0.5) is 0 Å². The summed E-state index contributed by atoms with van der Waals surface area (Å²) < 4.78 is 0.315. The fraction of sp³-hybridized carbons (Fsp3) is 0.455. The summed E-state index contributed by atoms with van der Waals surface area (Å²) in [6.45, 7) is 6.90. The maximum atomic E-state index is 2.31. The van der Waals surface area contributed by atoms with Crippen LogP contribution in [0.25, 0.3) is 0 Å². The number of fused-ring (bicyclic) bond motifs is 1. The molecule has 0 radical (unpaired) electrons. The van der Waals surface area contributed by atoms with Crippen LogP contribution < -0.4 is 0 Å². The Morgan fingerprint density at radius 3 is 2.58 bits per heavy atom. The van der Waals surface area contributed by atoms with Gasteiger partial charge in [-0.2, -0.15) is 0 Å². The maximum Gasteiger partial charge on any atom is 0.0361 e. The molecule has 1 heterocycles. The second-order valence-electron chi connectivity index (χ2n) is 3.86. The maximum absolute atomic E-state index is 2.31. The largest absolute Gasteiger partial charge is 0.143 e. The van der Waals surface area contributed by atoms with Crippen LogP contribution in [-0.2, 0) is 4.75 Å². The first-order chi connectivity index (χ1) is 5.61. The number of hydrogen-bond donors (Lipinski definition) is 0. The van der Waals surface area contributed by atoms with Gasteiger partial charge in [-0.25, -0.2) is 0 Å². The molecule has 0 fully saturated rings. The highest BCUT2D eigenvalue weighted by Gasteiger charge is 2.34. The molecule has 1 unspecified atom stereocenters. The average molecular weight is 178 g/mol. The highest BCUT2D eigenvalue weighted by Crippen LogP contribution is 2.53. The number of hydrogen-bond acceptors (Lipinski definition) is 1. The predicted molar refractivity (Wildman–Crippen MR) is 55.5 cm³/mol. The van der Waals surface area contributed by atoms with Crippen molar-refractivity contribution >= 4 is 11.8 Å². The van der Waals surface area contributed by atoms with Crippen LogP contribution >= 0.6 is 11.8 Å². The Bertz CT molecular complexity index is 302. The van der Waals surface area contributed by atoms with Gasteiger partial charge < -0.3 is 0 Å². The molecule has 1 atom stereocenters. The van der Waals surface area contributed by atoms with Crippen molar-refractivity contribution in [2.75, 3.05) is 0 Å². The minimum atomic E-state index is 0.315. The van der Waals surface area contributed by atoms with Gasteiger partial charge in [0.05, 0.1) is 0 Å². The van der Waals surface area contributed by atoms with Gasteiger partial charge in [0.15, 0.2) is 0 Å². The molecule has 1 aromatic carbocycles. The molecular weight excluding hydrogens is 164 g/mol. The summed E-state index contributed by atoms with van der Waals surface area (Å²) in [5, 5.41) is 0.663. The summed E-state index contributed by atoms with van der Waals surface area (Å²) in [4.78, 5) is 0. The summed E-state index contributed by atoms with van der Waals surface area (Å²) in [5.41, 5.74) is 3.04. The zero-order valence-corrected chi connectivity index (χ0v) is 8.61. The molecule has 1 aromatic rings. The van der Waals surface area contributed by atoms with Gasteiger partial charge in [-0.05, 0) is 31.9 Å². The predicted octanol–water partition coefficient (Wildman–Crippen LogP) is 3.73. The van der Waals surface area contributed by atoms with E-state index in [9.17, 15) is 0 Å². The van der Waals surface area contributed by atoms with E-state index in [2.05, 4.69) is 56.8 Å². The summed E-state index contributed by atoms with van der Waals surface area (Å²) >= 11 is 2.05. The molecule has 12 heavy (non-hydrogen) atoms. The van der Waals surface area contributed by atoms with E-state index in [1.54, 1.807) is 0 Å². The first-order valence-electron chi connectivity index (χ1n) is 4.38. The lowest BCUT2D eigenvalue weighted by Crippen LogP contribution is -2.06. The zero-order chi connectivity index (χ0) is 8.77. The monoisotopic (exact) mass is 178 g/mol. The van der Waals surface area contributed by atoms with Gasteiger partial charge in [0.1, 0.15) is 0 Å². The molecule has 0 nitrogen and oxygen atoms in total. The van der Waals surface area contributed by atoms with E-state index in [1.807, 2.05) is 0 Å². The highest BCUT2D eigenvalue weighted by atomic mass is 32.2. The van der Waals surface area contributed by atoms with Crippen LogP contribution in [0, 0.1) is 0 Å². The van der Waals surface area contributed by atoms with Gasteiger partial charge in [-0.1, -0.05) is 24.3 Å². The Balaban J connectivity index is 2.58. The van der Waals surface area contributed by atoms with Crippen molar-refractivity contribution < 1.29 is 0 Å². The number of thioether (sulfide) groups is 1. The van der Waals surface area contributed by atoms with E-state index in [1.165, 1.54) is 11.1 Å². The molecule has 0 saturated heterocycles. The minimum Gasteiger partial charge on any atom is -0.143 e. The molecule has 0 N–H and O–H groups in total. The van der Waals surface area contributed by atoms with Crippen LogP contribution in [0.15, 0.2) is 24.3 Å². The van der Waals surface area contributed by atoms with Crippen molar-refractivity contribution in [2.45, 2.75) is 30.8 Å². The van der Waals surface area contributed by atoms with E-state index in [-0.39, 0.29) is 0 Å². The fourth-order valence-corrected chi connectivity index (χ4v) is 3.50. The average Bonchev–Trinajstić information content (AvgIpc) is 2.25. The Hall–Kier alpha value is -0.430. The van der Waals surface area contributed by atoms with Crippen molar-refractivity contribution in [3.63, 3.8) is 0 Å². The first-order valence-corrected chi connectivity index (χ1v) is 5.26. The number of benzene rings is 1. The van der Waals surface area contributed by atoms with Crippen LogP contribution in [0.5, 0.6) is 0 Å². The van der Waals surface area contributed by atoms with Crippen LogP contribution in [-0.4, -0.2) is 0 Å². The lowest BCUT2D eigenvalue weighted by Gasteiger charge is -2.17. The van der Waals surface area contributed by atoms with E-state index in [0.29, 0.717) is 10.00 Å². The minimum absolute atomic E-state index is 0.315. The molecule has 0 aromatic heterocycles. The Morgan fingerprint density at radius 2 is 1.92 bits per heavy atom. The third kappa shape index (κ3) is 1.08. The Morgan fingerprint density at radius 1 is 1.25 bits per heavy atom. The first kappa shape index (κ1) is 8.18.